The highest BCUT2D eigenvalue weighted by atomic mass is 35.5. The number of aromatic nitrogens is 2. The van der Waals surface area contributed by atoms with Crippen LogP contribution in [0.3, 0.4) is 0 Å². The Kier molecular flexibility index (Phi) is 4.79. The molecule has 1 N–H and O–H groups in total. The Morgan fingerprint density at radius 3 is 2.56 bits per heavy atom. The highest BCUT2D eigenvalue weighted by molar-refractivity contribution is 6.30. The van der Waals surface area contributed by atoms with Crippen LogP contribution < -0.4 is 0 Å². The summed E-state index contributed by atoms with van der Waals surface area (Å²) >= 11 is 5.96. The van der Waals surface area contributed by atoms with E-state index in [1.807, 2.05) is 12.1 Å². The standard InChI is InChI=1S/C25H17ClN2O4/c1-14-23(24(31)15-6-8-16(26)9-7-15)18-12-17(29)10-11-20(18)28(14)13-21(30)25-27-19-4-2-3-5-22(19)32-25/h2-12,29H,13H2,1H3. The molecular weight excluding hydrogens is 428 g/mol. The Morgan fingerprint density at radius 1 is 1.06 bits per heavy atom. The first kappa shape index (κ1) is 20.0. The van der Waals surface area contributed by atoms with Crippen LogP contribution in [0.4, 0.5) is 0 Å². The van der Waals surface area contributed by atoms with Crippen molar-refractivity contribution in [2.24, 2.45) is 0 Å². The smallest absolute Gasteiger partial charge is 0.266 e. The zero-order chi connectivity index (χ0) is 22.4. The first-order valence-electron chi connectivity index (χ1n) is 9.93. The van der Waals surface area contributed by atoms with Gasteiger partial charge in [0, 0.05) is 27.2 Å². The monoisotopic (exact) mass is 444 g/mol. The van der Waals surface area contributed by atoms with E-state index < -0.39 is 0 Å². The minimum Gasteiger partial charge on any atom is -0.508 e. The van der Waals surface area contributed by atoms with Crippen molar-refractivity contribution >= 4 is 45.2 Å². The molecule has 0 radical (unpaired) electrons. The van der Waals surface area contributed by atoms with Gasteiger partial charge in [0.15, 0.2) is 11.4 Å². The number of rotatable bonds is 5. The number of Topliss-reactive ketones (excluding diaryl/α,β-unsaturated/α-hetero) is 1. The molecule has 3 aromatic carbocycles. The number of oxazole rings is 1. The van der Waals surface area contributed by atoms with Gasteiger partial charge in [0.1, 0.15) is 11.3 Å². The van der Waals surface area contributed by atoms with Gasteiger partial charge < -0.3 is 14.1 Å². The van der Waals surface area contributed by atoms with E-state index in [-0.39, 0.29) is 29.8 Å². The molecule has 5 aromatic rings. The fraction of sp³-hybridized carbons (Fsp3) is 0.0800. The molecule has 158 valence electrons. The van der Waals surface area contributed by atoms with Crippen LogP contribution >= 0.6 is 11.6 Å². The zero-order valence-electron chi connectivity index (χ0n) is 17.0. The number of carbonyl (C=O) groups is 2. The maximum absolute atomic E-state index is 13.3. The van der Waals surface area contributed by atoms with Crippen molar-refractivity contribution < 1.29 is 19.1 Å². The Morgan fingerprint density at radius 2 is 1.81 bits per heavy atom. The molecule has 2 aromatic heterocycles. The number of halogens is 1. The summed E-state index contributed by atoms with van der Waals surface area (Å²) in [5, 5.41) is 11.1. The van der Waals surface area contributed by atoms with E-state index >= 15 is 0 Å². The van der Waals surface area contributed by atoms with E-state index in [9.17, 15) is 14.7 Å². The zero-order valence-corrected chi connectivity index (χ0v) is 17.8. The Labute approximate surface area is 187 Å². The van der Waals surface area contributed by atoms with Gasteiger partial charge in [-0.05, 0) is 61.5 Å². The van der Waals surface area contributed by atoms with Gasteiger partial charge in [-0.15, -0.1) is 0 Å². The molecule has 0 aliphatic carbocycles. The highest BCUT2D eigenvalue weighted by Gasteiger charge is 2.24. The van der Waals surface area contributed by atoms with E-state index in [1.54, 1.807) is 54.0 Å². The van der Waals surface area contributed by atoms with Crippen molar-refractivity contribution in [3.63, 3.8) is 0 Å². The lowest BCUT2D eigenvalue weighted by molar-refractivity contribution is 0.0939. The van der Waals surface area contributed by atoms with Crippen LogP contribution in [0.1, 0.15) is 32.3 Å². The SMILES string of the molecule is Cc1c(C(=O)c2ccc(Cl)cc2)c2cc(O)ccc2n1CC(=O)c1nc2ccccc2o1. The van der Waals surface area contributed by atoms with E-state index in [0.717, 1.165) is 0 Å². The average Bonchev–Trinajstić information content (AvgIpc) is 3.33. The summed E-state index contributed by atoms with van der Waals surface area (Å²) < 4.78 is 7.36. The Bertz CT molecular complexity index is 1480. The summed E-state index contributed by atoms with van der Waals surface area (Å²) in [4.78, 5) is 30.6. The second-order valence-electron chi connectivity index (χ2n) is 7.49. The number of ketones is 2. The molecule has 0 unspecified atom stereocenters. The van der Waals surface area contributed by atoms with E-state index in [4.69, 9.17) is 16.0 Å². The van der Waals surface area contributed by atoms with Crippen LogP contribution in [-0.4, -0.2) is 26.2 Å². The van der Waals surface area contributed by atoms with Gasteiger partial charge in [0.2, 0.25) is 5.78 Å². The van der Waals surface area contributed by atoms with Gasteiger partial charge in [-0.2, -0.15) is 0 Å². The van der Waals surface area contributed by atoms with Crippen LogP contribution in [0.2, 0.25) is 5.02 Å². The topological polar surface area (TPSA) is 85.3 Å². The molecule has 2 heterocycles. The lowest BCUT2D eigenvalue weighted by Gasteiger charge is -2.07. The third-order valence-electron chi connectivity index (χ3n) is 5.47. The van der Waals surface area contributed by atoms with Crippen molar-refractivity contribution in [3.05, 3.63) is 94.5 Å². The number of benzene rings is 3. The molecule has 0 aliphatic heterocycles. The fourth-order valence-electron chi connectivity index (χ4n) is 3.91. The van der Waals surface area contributed by atoms with Crippen molar-refractivity contribution in [1.82, 2.24) is 9.55 Å². The summed E-state index contributed by atoms with van der Waals surface area (Å²) in [7, 11) is 0. The van der Waals surface area contributed by atoms with E-state index in [1.165, 1.54) is 12.1 Å². The number of phenolic OH excluding ortho intramolecular Hbond substituents is 1. The summed E-state index contributed by atoms with van der Waals surface area (Å²) in [5.74, 6) is -0.496. The van der Waals surface area contributed by atoms with Crippen molar-refractivity contribution in [2.45, 2.75) is 13.5 Å². The van der Waals surface area contributed by atoms with Crippen molar-refractivity contribution in [2.75, 3.05) is 0 Å². The summed E-state index contributed by atoms with van der Waals surface area (Å²) in [6.07, 6.45) is 0. The highest BCUT2D eigenvalue weighted by Crippen LogP contribution is 2.31. The molecular formula is C25H17ClN2O4. The molecule has 0 fully saturated rings. The first-order chi connectivity index (χ1) is 15.4. The molecule has 32 heavy (non-hydrogen) atoms. The first-order valence-corrected chi connectivity index (χ1v) is 10.3. The molecule has 0 bridgehead atoms. The van der Waals surface area contributed by atoms with Gasteiger partial charge in [-0.3, -0.25) is 9.59 Å². The van der Waals surface area contributed by atoms with E-state index in [2.05, 4.69) is 4.98 Å². The molecule has 7 heteroatoms. The second-order valence-corrected chi connectivity index (χ2v) is 7.93. The van der Waals surface area contributed by atoms with Crippen LogP contribution in [0, 0.1) is 6.92 Å². The normalized spacial score (nSPS) is 11.3. The lowest BCUT2D eigenvalue weighted by Crippen LogP contribution is -2.13. The number of nitrogens with zero attached hydrogens (tertiary/aromatic N) is 2. The molecule has 0 saturated heterocycles. The maximum Gasteiger partial charge on any atom is 0.266 e. The van der Waals surface area contributed by atoms with Crippen molar-refractivity contribution in [1.29, 1.82) is 0 Å². The molecule has 5 rings (SSSR count). The molecule has 0 atom stereocenters. The van der Waals surface area contributed by atoms with Crippen LogP contribution in [0.25, 0.3) is 22.0 Å². The maximum atomic E-state index is 13.3. The summed E-state index contributed by atoms with van der Waals surface area (Å²) in [5.41, 5.74) is 3.28. The minimum atomic E-state index is -0.320. The Balaban J connectivity index is 1.60. The van der Waals surface area contributed by atoms with E-state index in [0.29, 0.717) is 43.8 Å². The Hall–Kier alpha value is -3.90. The van der Waals surface area contributed by atoms with Gasteiger partial charge in [0.05, 0.1) is 12.1 Å². The molecule has 0 aliphatic rings. The third-order valence-corrected chi connectivity index (χ3v) is 5.73. The lowest BCUT2D eigenvalue weighted by atomic mass is 10.0. The quantitative estimate of drug-likeness (QED) is 0.358. The summed E-state index contributed by atoms with van der Waals surface area (Å²) in [6.45, 7) is 1.72. The molecule has 0 spiro atoms. The number of aromatic hydroxyl groups is 1. The third kappa shape index (κ3) is 3.35. The number of hydrogen-bond acceptors (Lipinski definition) is 5. The van der Waals surface area contributed by atoms with Crippen molar-refractivity contribution in [3.8, 4) is 5.75 Å². The molecule has 0 amide bonds. The van der Waals surface area contributed by atoms with Gasteiger partial charge in [0.25, 0.3) is 5.89 Å². The second kappa shape index (κ2) is 7.66. The number of fused-ring (bicyclic) bond motifs is 2. The predicted molar refractivity (Wildman–Crippen MR) is 122 cm³/mol. The molecule has 0 saturated carbocycles. The summed E-state index contributed by atoms with van der Waals surface area (Å²) in [6, 6.07) is 18.5. The van der Waals surface area contributed by atoms with Gasteiger partial charge >= 0.3 is 0 Å². The fourth-order valence-corrected chi connectivity index (χ4v) is 4.03. The molecule has 6 nitrogen and oxygen atoms in total. The number of phenols is 1. The predicted octanol–water partition coefficient (Wildman–Crippen LogP) is 5.56. The van der Waals surface area contributed by atoms with Crippen LogP contribution in [-0.2, 0) is 6.54 Å². The van der Waals surface area contributed by atoms with Gasteiger partial charge in [-0.1, -0.05) is 23.7 Å². The van der Waals surface area contributed by atoms with Gasteiger partial charge in [-0.25, -0.2) is 4.98 Å². The number of hydrogen-bond donors (Lipinski definition) is 1. The average molecular weight is 445 g/mol. The largest absolute Gasteiger partial charge is 0.508 e. The van der Waals surface area contributed by atoms with Crippen LogP contribution in [0.5, 0.6) is 5.75 Å². The minimum absolute atomic E-state index is 0.0109. The van der Waals surface area contributed by atoms with Crippen LogP contribution in [0.15, 0.2) is 71.1 Å². The number of para-hydroxylation sites is 2. The number of carbonyl (C=O) groups excluding carboxylic acids is 2.